The lowest BCUT2D eigenvalue weighted by Gasteiger charge is -2.07. The van der Waals surface area contributed by atoms with Crippen LogP contribution in [0.5, 0.6) is 0 Å². The molecule has 3 nitrogen and oxygen atoms in total. The van der Waals surface area contributed by atoms with Gasteiger partial charge in [0, 0.05) is 29.7 Å². The van der Waals surface area contributed by atoms with E-state index >= 15 is 0 Å². The van der Waals surface area contributed by atoms with Crippen LogP contribution in [-0.2, 0) is 4.79 Å². The van der Waals surface area contributed by atoms with E-state index < -0.39 is 0 Å². The highest BCUT2D eigenvalue weighted by molar-refractivity contribution is 7.99. The van der Waals surface area contributed by atoms with Crippen molar-refractivity contribution < 1.29 is 4.79 Å². The zero-order valence-electron chi connectivity index (χ0n) is 11.1. The van der Waals surface area contributed by atoms with Crippen molar-refractivity contribution in [2.45, 2.75) is 37.6 Å². The van der Waals surface area contributed by atoms with E-state index in [0.717, 1.165) is 12.2 Å². The van der Waals surface area contributed by atoms with Crippen molar-refractivity contribution in [1.29, 1.82) is 0 Å². The first-order valence-electron chi connectivity index (χ1n) is 6.29. The molecule has 0 aromatic heterocycles. The van der Waals surface area contributed by atoms with Crippen LogP contribution < -0.4 is 11.1 Å². The quantitative estimate of drug-likeness (QED) is 0.588. The number of amides is 1. The number of hydrogen-bond donors (Lipinski definition) is 2. The molecule has 0 aliphatic heterocycles. The number of aryl methyl sites for hydroxylation is 1. The van der Waals surface area contributed by atoms with Crippen molar-refractivity contribution in [3.8, 4) is 0 Å². The van der Waals surface area contributed by atoms with Crippen LogP contribution in [0, 0.1) is 6.92 Å². The summed E-state index contributed by atoms with van der Waals surface area (Å²) in [5.41, 5.74) is 6.87. The number of benzene rings is 1. The number of carbonyl (C=O) groups excluding carboxylic acids is 1. The van der Waals surface area contributed by atoms with Gasteiger partial charge in [-0.15, -0.1) is 11.8 Å². The van der Waals surface area contributed by atoms with Crippen LogP contribution in [0.3, 0.4) is 0 Å². The molecule has 1 amide bonds. The smallest absolute Gasteiger partial charge is 0.220 e. The molecule has 18 heavy (non-hydrogen) atoms. The number of hydrogen-bond acceptors (Lipinski definition) is 3. The lowest BCUT2D eigenvalue weighted by Crippen LogP contribution is -2.27. The lowest BCUT2D eigenvalue weighted by atomic mass is 10.2. The molecule has 1 aromatic carbocycles. The van der Waals surface area contributed by atoms with Gasteiger partial charge in [-0.3, -0.25) is 4.79 Å². The fourth-order valence-corrected chi connectivity index (χ4v) is 2.21. The van der Waals surface area contributed by atoms with Crippen molar-refractivity contribution in [2.75, 3.05) is 12.3 Å². The van der Waals surface area contributed by atoms with Crippen molar-refractivity contribution in [2.24, 2.45) is 5.73 Å². The van der Waals surface area contributed by atoms with Crippen LogP contribution in [0.1, 0.15) is 25.3 Å². The molecule has 0 saturated heterocycles. The number of rotatable bonds is 7. The molecule has 0 radical (unpaired) electrons. The summed E-state index contributed by atoms with van der Waals surface area (Å²) >= 11 is 1.76. The maximum Gasteiger partial charge on any atom is 0.220 e. The zero-order chi connectivity index (χ0) is 13.4. The first kappa shape index (κ1) is 15.1. The van der Waals surface area contributed by atoms with E-state index in [4.69, 9.17) is 5.73 Å². The Morgan fingerprint density at radius 2 is 2.06 bits per heavy atom. The summed E-state index contributed by atoms with van der Waals surface area (Å²) in [7, 11) is 0. The van der Waals surface area contributed by atoms with Gasteiger partial charge < -0.3 is 11.1 Å². The standard InChI is InChI=1S/C14H22N2OS/c1-11-3-6-13(7-4-11)18-10-9-16-14(17)8-5-12(2)15/h3-4,6-7,12H,5,8-10,15H2,1-2H3,(H,16,17). The summed E-state index contributed by atoms with van der Waals surface area (Å²) in [6, 6.07) is 8.51. The van der Waals surface area contributed by atoms with Gasteiger partial charge in [-0.05, 0) is 32.4 Å². The van der Waals surface area contributed by atoms with E-state index in [2.05, 4.69) is 36.5 Å². The largest absolute Gasteiger partial charge is 0.355 e. The number of nitrogens with one attached hydrogen (secondary N) is 1. The van der Waals surface area contributed by atoms with Crippen molar-refractivity contribution in [3.05, 3.63) is 29.8 Å². The molecule has 0 spiro atoms. The summed E-state index contributed by atoms with van der Waals surface area (Å²) in [6.45, 7) is 4.70. The Balaban J connectivity index is 2.11. The van der Waals surface area contributed by atoms with Gasteiger partial charge in [0.25, 0.3) is 0 Å². The molecule has 0 saturated carbocycles. The Morgan fingerprint density at radius 1 is 1.39 bits per heavy atom. The molecule has 0 aliphatic rings. The Morgan fingerprint density at radius 3 is 2.67 bits per heavy atom. The maximum atomic E-state index is 11.4. The van der Waals surface area contributed by atoms with Gasteiger partial charge in [-0.1, -0.05) is 17.7 Å². The van der Waals surface area contributed by atoms with Crippen LogP contribution in [0.2, 0.25) is 0 Å². The Hall–Kier alpha value is -1.00. The number of thioether (sulfide) groups is 1. The first-order chi connectivity index (χ1) is 8.58. The summed E-state index contributed by atoms with van der Waals surface area (Å²) in [5, 5.41) is 2.90. The van der Waals surface area contributed by atoms with E-state index in [1.807, 2.05) is 6.92 Å². The molecule has 3 N–H and O–H groups in total. The summed E-state index contributed by atoms with van der Waals surface area (Å²) in [6.07, 6.45) is 1.27. The van der Waals surface area contributed by atoms with Crippen LogP contribution in [0.25, 0.3) is 0 Å². The molecular weight excluding hydrogens is 244 g/mol. The van der Waals surface area contributed by atoms with Crippen LogP contribution in [0.15, 0.2) is 29.2 Å². The van der Waals surface area contributed by atoms with Crippen molar-refractivity contribution in [1.82, 2.24) is 5.32 Å². The third kappa shape index (κ3) is 6.67. The lowest BCUT2D eigenvalue weighted by molar-refractivity contribution is -0.121. The minimum absolute atomic E-state index is 0.0943. The first-order valence-corrected chi connectivity index (χ1v) is 7.28. The average molecular weight is 266 g/mol. The molecule has 0 heterocycles. The Kier molecular flexibility index (Phi) is 6.83. The van der Waals surface area contributed by atoms with Crippen LogP contribution in [0.4, 0.5) is 0 Å². The predicted octanol–water partition coefficient (Wildman–Crippen LogP) is 2.33. The summed E-state index contributed by atoms with van der Waals surface area (Å²) in [4.78, 5) is 12.7. The van der Waals surface area contributed by atoms with E-state index in [-0.39, 0.29) is 11.9 Å². The molecule has 4 heteroatoms. The minimum Gasteiger partial charge on any atom is -0.355 e. The second kappa shape index (κ2) is 8.16. The molecular formula is C14H22N2OS. The molecule has 100 valence electrons. The molecule has 0 aliphatic carbocycles. The molecule has 0 fully saturated rings. The Bertz CT molecular complexity index is 363. The average Bonchev–Trinajstić information content (AvgIpc) is 2.34. The highest BCUT2D eigenvalue weighted by Gasteiger charge is 2.02. The van der Waals surface area contributed by atoms with E-state index in [9.17, 15) is 4.79 Å². The summed E-state index contributed by atoms with van der Waals surface area (Å²) in [5.74, 6) is 0.990. The monoisotopic (exact) mass is 266 g/mol. The summed E-state index contributed by atoms with van der Waals surface area (Å²) < 4.78 is 0. The number of nitrogens with two attached hydrogens (primary N) is 1. The Labute approximate surface area is 114 Å². The second-order valence-electron chi connectivity index (χ2n) is 4.53. The van der Waals surface area contributed by atoms with Gasteiger partial charge in [0.2, 0.25) is 5.91 Å². The molecule has 1 aromatic rings. The van der Waals surface area contributed by atoms with Crippen LogP contribution >= 0.6 is 11.8 Å². The molecule has 1 rings (SSSR count). The van der Waals surface area contributed by atoms with Gasteiger partial charge in [0.1, 0.15) is 0 Å². The van der Waals surface area contributed by atoms with Crippen LogP contribution in [-0.4, -0.2) is 24.2 Å². The second-order valence-corrected chi connectivity index (χ2v) is 5.70. The third-order valence-electron chi connectivity index (χ3n) is 2.54. The normalized spacial score (nSPS) is 12.2. The predicted molar refractivity (Wildman–Crippen MR) is 77.8 cm³/mol. The molecule has 1 unspecified atom stereocenters. The van der Waals surface area contributed by atoms with Gasteiger partial charge >= 0.3 is 0 Å². The fourth-order valence-electron chi connectivity index (χ4n) is 1.44. The van der Waals surface area contributed by atoms with Crippen molar-refractivity contribution in [3.63, 3.8) is 0 Å². The van der Waals surface area contributed by atoms with Gasteiger partial charge in [-0.2, -0.15) is 0 Å². The van der Waals surface area contributed by atoms with E-state index in [0.29, 0.717) is 13.0 Å². The highest BCUT2D eigenvalue weighted by atomic mass is 32.2. The van der Waals surface area contributed by atoms with E-state index in [1.54, 1.807) is 11.8 Å². The zero-order valence-corrected chi connectivity index (χ0v) is 11.9. The van der Waals surface area contributed by atoms with Gasteiger partial charge in [0.05, 0.1) is 0 Å². The molecule has 0 bridgehead atoms. The minimum atomic E-state index is 0.0943. The fraction of sp³-hybridized carbons (Fsp3) is 0.500. The van der Waals surface area contributed by atoms with Gasteiger partial charge in [-0.25, -0.2) is 0 Å². The SMILES string of the molecule is Cc1ccc(SCCNC(=O)CCC(C)N)cc1. The number of carbonyl (C=O) groups is 1. The third-order valence-corrected chi connectivity index (χ3v) is 3.55. The topological polar surface area (TPSA) is 55.1 Å². The van der Waals surface area contributed by atoms with E-state index in [1.165, 1.54) is 10.5 Å². The maximum absolute atomic E-state index is 11.4. The van der Waals surface area contributed by atoms with Crippen molar-refractivity contribution >= 4 is 17.7 Å². The van der Waals surface area contributed by atoms with Gasteiger partial charge in [0.15, 0.2) is 0 Å². The molecule has 1 atom stereocenters. The highest BCUT2D eigenvalue weighted by Crippen LogP contribution is 2.17.